The summed E-state index contributed by atoms with van der Waals surface area (Å²) in [6.45, 7) is 0. The first kappa shape index (κ1) is 19.5. The Morgan fingerprint density at radius 1 is 1.11 bits per heavy atom. The van der Waals surface area contributed by atoms with E-state index in [9.17, 15) is 13.2 Å². The number of carbonyl (C=O) groups excluding carboxylic acids is 1. The summed E-state index contributed by atoms with van der Waals surface area (Å²) in [6, 6.07) is 16.8. The summed E-state index contributed by atoms with van der Waals surface area (Å²) in [5.41, 5.74) is 1.89. The van der Waals surface area contributed by atoms with Gasteiger partial charge < -0.3 is 4.90 Å². The number of rotatable bonds is 4. The first-order valence-corrected chi connectivity index (χ1v) is 12.1. The Labute approximate surface area is 173 Å². The molecule has 0 aliphatic carbocycles. The Morgan fingerprint density at radius 3 is 2.54 bits per heavy atom. The van der Waals surface area contributed by atoms with Crippen LogP contribution in [0.2, 0.25) is 5.02 Å². The molecule has 0 bridgehead atoms. The number of amidine groups is 1. The van der Waals surface area contributed by atoms with Crippen LogP contribution in [0.4, 0.5) is 5.69 Å². The van der Waals surface area contributed by atoms with Crippen molar-refractivity contribution in [2.75, 3.05) is 16.4 Å². The molecule has 2 aromatic rings. The number of amides is 1. The van der Waals surface area contributed by atoms with Gasteiger partial charge in [-0.1, -0.05) is 53.7 Å². The molecule has 0 radical (unpaired) electrons. The molecule has 0 unspecified atom stereocenters. The standard InChI is InChI=1S/C20H19ClN2O3S2/c21-15-7-9-16(10-8-15)23-17-12-28(25,26)13-18(17)27-20(23)22-19(24)11-6-14-4-2-1-3-5-14/h1-5,7-10,17-18H,6,11-13H2/t17-,18+/m0/s1. The summed E-state index contributed by atoms with van der Waals surface area (Å²) >= 11 is 7.37. The molecular weight excluding hydrogens is 416 g/mol. The molecule has 2 aliphatic rings. The van der Waals surface area contributed by atoms with Crippen molar-refractivity contribution in [1.29, 1.82) is 0 Å². The smallest absolute Gasteiger partial charge is 0.248 e. The van der Waals surface area contributed by atoms with Gasteiger partial charge in [-0.3, -0.25) is 4.79 Å². The molecule has 0 aromatic heterocycles. The molecular formula is C20H19ClN2O3S2. The molecule has 4 rings (SSSR count). The zero-order valence-electron chi connectivity index (χ0n) is 15.0. The van der Waals surface area contributed by atoms with Crippen LogP contribution in [0.1, 0.15) is 12.0 Å². The number of aliphatic imine (C=N–C) groups is 1. The first-order chi connectivity index (χ1) is 13.4. The summed E-state index contributed by atoms with van der Waals surface area (Å²) in [6.07, 6.45) is 0.944. The molecule has 2 aliphatic heterocycles. The van der Waals surface area contributed by atoms with Crippen LogP contribution < -0.4 is 4.90 Å². The number of thioether (sulfide) groups is 1. The van der Waals surface area contributed by atoms with Gasteiger partial charge in [0.15, 0.2) is 15.0 Å². The van der Waals surface area contributed by atoms with Crippen LogP contribution in [-0.4, -0.2) is 42.3 Å². The van der Waals surface area contributed by atoms with Gasteiger partial charge in [-0.05, 0) is 36.2 Å². The molecule has 1 amide bonds. The molecule has 28 heavy (non-hydrogen) atoms. The highest BCUT2D eigenvalue weighted by molar-refractivity contribution is 8.16. The Morgan fingerprint density at radius 2 is 1.82 bits per heavy atom. The number of carbonyl (C=O) groups is 1. The number of hydrogen-bond donors (Lipinski definition) is 0. The van der Waals surface area contributed by atoms with Gasteiger partial charge in [0, 0.05) is 22.4 Å². The molecule has 2 fully saturated rings. The minimum atomic E-state index is -3.08. The topological polar surface area (TPSA) is 66.8 Å². The van der Waals surface area contributed by atoms with E-state index in [1.165, 1.54) is 11.8 Å². The minimum Gasteiger partial charge on any atom is -0.316 e. The Bertz CT molecular complexity index is 1010. The summed E-state index contributed by atoms with van der Waals surface area (Å²) in [4.78, 5) is 18.7. The maximum absolute atomic E-state index is 12.5. The van der Waals surface area contributed by atoms with Crippen molar-refractivity contribution in [3.8, 4) is 0 Å². The average Bonchev–Trinajstić information content (AvgIpc) is 3.12. The highest BCUT2D eigenvalue weighted by atomic mass is 35.5. The molecule has 2 heterocycles. The van der Waals surface area contributed by atoms with E-state index in [2.05, 4.69) is 4.99 Å². The third kappa shape index (κ3) is 4.26. The molecule has 5 nitrogen and oxygen atoms in total. The summed E-state index contributed by atoms with van der Waals surface area (Å²) in [5, 5.41) is 1.07. The molecule has 2 atom stereocenters. The molecule has 146 valence electrons. The normalized spacial score (nSPS) is 24.5. The molecule has 8 heteroatoms. The fourth-order valence-electron chi connectivity index (χ4n) is 3.53. The van der Waals surface area contributed by atoms with Crippen LogP contribution in [-0.2, 0) is 21.1 Å². The Balaban J connectivity index is 1.56. The lowest BCUT2D eigenvalue weighted by atomic mass is 10.1. The van der Waals surface area contributed by atoms with E-state index in [-0.39, 0.29) is 28.7 Å². The quantitative estimate of drug-likeness (QED) is 0.735. The molecule has 0 spiro atoms. The van der Waals surface area contributed by atoms with Gasteiger partial charge in [-0.2, -0.15) is 4.99 Å². The largest absolute Gasteiger partial charge is 0.316 e. The summed E-state index contributed by atoms with van der Waals surface area (Å²) in [7, 11) is -3.08. The Kier molecular flexibility index (Phi) is 5.49. The van der Waals surface area contributed by atoms with Crippen LogP contribution in [0.3, 0.4) is 0 Å². The lowest BCUT2D eigenvalue weighted by Gasteiger charge is -2.24. The van der Waals surface area contributed by atoms with E-state index in [4.69, 9.17) is 11.6 Å². The van der Waals surface area contributed by atoms with E-state index in [0.29, 0.717) is 23.0 Å². The van der Waals surface area contributed by atoms with E-state index in [1.807, 2.05) is 47.4 Å². The number of nitrogens with zero attached hydrogens (tertiary/aromatic N) is 2. The van der Waals surface area contributed by atoms with Crippen molar-refractivity contribution in [1.82, 2.24) is 0 Å². The maximum atomic E-state index is 12.5. The number of benzene rings is 2. The highest BCUT2D eigenvalue weighted by Gasteiger charge is 2.49. The second kappa shape index (κ2) is 7.89. The van der Waals surface area contributed by atoms with Gasteiger partial charge in [0.2, 0.25) is 5.91 Å². The molecule has 2 aromatic carbocycles. The van der Waals surface area contributed by atoms with Gasteiger partial charge in [-0.15, -0.1) is 0 Å². The summed E-state index contributed by atoms with van der Waals surface area (Å²) < 4.78 is 24.2. The van der Waals surface area contributed by atoms with Crippen molar-refractivity contribution in [2.45, 2.75) is 24.1 Å². The van der Waals surface area contributed by atoms with Gasteiger partial charge in [0.05, 0.1) is 17.5 Å². The number of fused-ring (bicyclic) bond motifs is 1. The van der Waals surface area contributed by atoms with Crippen LogP contribution in [0.5, 0.6) is 0 Å². The van der Waals surface area contributed by atoms with Crippen LogP contribution in [0.25, 0.3) is 0 Å². The van der Waals surface area contributed by atoms with Gasteiger partial charge in [0.1, 0.15) is 0 Å². The van der Waals surface area contributed by atoms with Gasteiger partial charge in [0.25, 0.3) is 0 Å². The summed E-state index contributed by atoms with van der Waals surface area (Å²) in [5.74, 6) is -0.0121. The third-order valence-corrected chi connectivity index (χ3v) is 8.32. The third-order valence-electron chi connectivity index (χ3n) is 4.86. The minimum absolute atomic E-state index is 0.0739. The van der Waals surface area contributed by atoms with Crippen molar-refractivity contribution < 1.29 is 13.2 Å². The number of hydrogen-bond acceptors (Lipinski definition) is 4. The first-order valence-electron chi connectivity index (χ1n) is 8.99. The molecule has 0 N–H and O–H groups in total. The SMILES string of the molecule is O=C(CCc1ccccc1)N=C1S[C@@H]2CS(=O)(=O)C[C@@H]2N1c1ccc(Cl)cc1. The van der Waals surface area contributed by atoms with Crippen LogP contribution in [0, 0.1) is 0 Å². The second-order valence-electron chi connectivity index (χ2n) is 6.92. The monoisotopic (exact) mass is 434 g/mol. The molecule has 2 saturated heterocycles. The van der Waals surface area contributed by atoms with Crippen molar-refractivity contribution in [2.24, 2.45) is 4.99 Å². The van der Waals surface area contributed by atoms with E-state index in [0.717, 1.165) is 11.3 Å². The highest BCUT2D eigenvalue weighted by Crippen LogP contribution is 2.41. The van der Waals surface area contributed by atoms with E-state index in [1.54, 1.807) is 12.1 Å². The van der Waals surface area contributed by atoms with Crippen molar-refractivity contribution in [3.63, 3.8) is 0 Å². The van der Waals surface area contributed by atoms with E-state index < -0.39 is 9.84 Å². The fourth-order valence-corrected chi connectivity index (χ4v) is 7.58. The van der Waals surface area contributed by atoms with E-state index >= 15 is 0 Å². The number of aryl methyl sites for hydroxylation is 1. The number of sulfone groups is 1. The predicted molar refractivity (Wildman–Crippen MR) is 115 cm³/mol. The van der Waals surface area contributed by atoms with Crippen LogP contribution >= 0.6 is 23.4 Å². The maximum Gasteiger partial charge on any atom is 0.248 e. The fraction of sp³-hybridized carbons (Fsp3) is 0.300. The van der Waals surface area contributed by atoms with Crippen molar-refractivity contribution in [3.05, 3.63) is 65.2 Å². The van der Waals surface area contributed by atoms with Gasteiger partial charge >= 0.3 is 0 Å². The lowest BCUT2D eigenvalue weighted by molar-refractivity contribution is -0.117. The Hall–Kier alpha value is -1.83. The zero-order chi connectivity index (χ0) is 19.7. The average molecular weight is 435 g/mol. The number of halogens is 1. The lowest BCUT2D eigenvalue weighted by Crippen LogP contribution is -2.37. The van der Waals surface area contributed by atoms with Gasteiger partial charge in [-0.25, -0.2) is 8.42 Å². The van der Waals surface area contributed by atoms with Crippen LogP contribution in [0.15, 0.2) is 59.6 Å². The predicted octanol–water partition coefficient (Wildman–Crippen LogP) is 3.57. The second-order valence-corrected chi connectivity index (χ2v) is 10.7. The number of anilines is 1. The van der Waals surface area contributed by atoms with Crippen molar-refractivity contribution >= 4 is 50.0 Å². The molecule has 0 saturated carbocycles. The zero-order valence-corrected chi connectivity index (χ0v) is 17.4.